The van der Waals surface area contributed by atoms with Crippen LogP contribution in [0.3, 0.4) is 0 Å². The van der Waals surface area contributed by atoms with E-state index in [1.807, 2.05) is 36.4 Å². The molecule has 1 N–H and O–H groups in total. The minimum absolute atomic E-state index is 0.0104. The SMILES string of the molecule is O=C1NC2CCC(Cl)CC2C(c2ccccc2)C1C1=NN(C(=O)CN2CCCCC2)C(c2ccccc2)C1. The van der Waals surface area contributed by atoms with Gasteiger partial charge in [0, 0.05) is 23.8 Å². The lowest BCUT2D eigenvalue weighted by atomic mass is 9.64. The fourth-order valence-electron chi connectivity index (χ4n) is 7.15. The van der Waals surface area contributed by atoms with Crippen molar-refractivity contribution in [2.75, 3.05) is 19.6 Å². The van der Waals surface area contributed by atoms with Gasteiger partial charge in [-0.2, -0.15) is 5.10 Å². The van der Waals surface area contributed by atoms with Gasteiger partial charge in [-0.3, -0.25) is 14.5 Å². The van der Waals surface area contributed by atoms with Gasteiger partial charge >= 0.3 is 0 Å². The molecule has 1 aliphatic carbocycles. The highest BCUT2D eigenvalue weighted by molar-refractivity contribution is 6.20. The number of piperidine rings is 2. The molecule has 0 aromatic heterocycles. The number of hydrazone groups is 1. The van der Waals surface area contributed by atoms with Crippen LogP contribution in [0.15, 0.2) is 65.8 Å². The van der Waals surface area contributed by atoms with Crippen molar-refractivity contribution in [2.24, 2.45) is 16.9 Å². The standard InChI is InChI=1S/C31H37ClN4O2/c32-23-14-15-25-24(18-23)29(22-12-6-2-7-13-22)30(31(38)33-25)26-19-27(21-10-4-1-5-11-21)36(34-26)28(37)20-35-16-8-3-9-17-35/h1-2,4-7,10-13,23-25,27,29-30H,3,8-9,14-20H2,(H,33,38). The number of hydrogen-bond acceptors (Lipinski definition) is 4. The quantitative estimate of drug-likeness (QED) is 0.544. The first-order valence-corrected chi connectivity index (χ1v) is 14.7. The molecule has 6 unspecified atom stereocenters. The summed E-state index contributed by atoms with van der Waals surface area (Å²) >= 11 is 6.69. The predicted molar refractivity (Wildman–Crippen MR) is 150 cm³/mol. The molecule has 3 heterocycles. The average molecular weight is 533 g/mol. The van der Waals surface area contributed by atoms with E-state index in [9.17, 15) is 9.59 Å². The third kappa shape index (κ3) is 5.13. The molecule has 3 aliphatic heterocycles. The van der Waals surface area contributed by atoms with Crippen LogP contribution in [-0.2, 0) is 9.59 Å². The second kappa shape index (κ2) is 11.2. The molecule has 38 heavy (non-hydrogen) atoms. The molecule has 0 spiro atoms. The maximum atomic E-state index is 13.8. The molecule has 1 saturated carbocycles. The van der Waals surface area contributed by atoms with E-state index >= 15 is 0 Å². The van der Waals surface area contributed by atoms with Gasteiger partial charge in [0.05, 0.1) is 24.2 Å². The number of nitrogens with zero attached hydrogens (tertiary/aromatic N) is 3. The first-order chi connectivity index (χ1) is 18.6. The Morgan fingerprint density at radius 1 is 0.947 bits per heavy atom. The maximum Gasteiger partial charge on any atom is 0.257 e. The molecule has 200 valence electrons. The van der Waals surface area contributed by atoms with Crippen LogP contribution in [0.25, 0.3) is 0 Å². The van der Waals surface area contributed by atoms with E-state index in [1.54, 1.807) is 5.01 Å². The lowest BCUT2D eigenvalue weighted by Gasteiger charge is -2.46. The Hall–Kier alpha value is -2.70. The van der Waals surface area contributed by atoms with E-state index < -0.39 is 5.92 Å². The van der Waals surface area contributed by atoms with Crippen LogP contribution in [0.5, 0.6) is 0 Å². The van der Waals surface area contributed by atoms with Gasteiger partial charge < -0.3 is 5.32 Å². The maximum absolute atomic E-state index is 13.8. The Bertz CT molecular complexity index is 1170. The number of carbonyl (C=O) groups is 2. The zero-order valence-corrected chi connectivity index (χ0v) is 22.6. The highest BCUT2D eigenvalue weighted by atomic mass is 35.5. The number of fused-ring (bicyclic) bond motifs is 1. The Morgan fingerprint density at radius 3 is 2.34 bits per heavy atom. The Balaban J connectivity index is 1.35. The summed E-state index contributed by atoms with van der Waals surface area (Å²) in [7, 11) is 0. The van der Waals surface area contributed by atoms with E-state index in [0.29, 0.717) is 13.0 Å². The zero-order valence-electron chi connectivity index (χ0n) is 21.8. The molecule has 3 fully saturated rings. The lowest BCUT2D eigenvalue weighted by Crippen LogP contribution is -2.57. The molecule has 4 aliphatic rings. The number of hydrogen-bond donors (Lipinski definition) is 1. The van der Waals surface area contributed by atoms with Gasteiger partial charge in [0.2, 0.25) is 5.91 Å². The lowest BCUT2D eigenvalue weighted by molar-refractivity contribution is -0.134. The van der Waals surface area contributed by atoms with Gasteiger partial charge in [0.25, 0.3) is 5.91 Å². The van der Waals surface area contributed by atoms with E-state index in [-0.39, 0.29) is 41.1 Å². The summed E-state index contributed by atoms with van der Waals surface area (Å²) in [6.07, 6.45) is 6.76. The topological polar surface area (TPSA) is 65.0 Å². The Kier molecular flexibility index (Phi) is 7.53. The number of halogens is 1. The summed E-state index contributed by atoms with van der Waals surface area (Å²) in [6.45, 7) is 2.28. The molecule has 2 aromatic carbocycles. The molecule has 0 bridgehead atoms. The van der Waals surface area contributed by atoms with Crippen LogP contribution < -0.4 is 5.32 Å². The molecule has 2 saturated heterocycles. The van der Waals surface area contributed by atoms with Crippen LogP contribution in [0.1, 0.15) is 68.0 Å². The highest BCUT2D eigenvalue weighted by Gasteiger charge is 2.50. The van der Waals surface area contributed by atoms with Gasteiger partial charge in [0.1, 0.15) is 0 Å². The third-order valence-corrected chi connectivity index (χ3v) is 9.39. The normalized spacial score (nSPS) is 31.9. The van der Waals surface area contributed by atoms with Crippen molar-refractivity contribution in [1.29, 1.82) is 0 Å². The largest absolute Gasteiger partial charge is 0.352 e. The highest BCUT2D eigenvalue weighted by Crippen LogP contribution is 2.47. The molecule has 6 atom stereocenters. The summed E-state index contributed by atoms with van der Waals surface area (Å²) in [5.41, 5.74) is 3.03. The third-order valence-electron chi connectivity index (χ3n) is 8.99. The summed E-state index contributed by atoms with van der Waals surface area (Å²) in [5.74, 6) is -0.139. The smallest absolute Gasteiger partial charge is 0.257 e. The molecule has 7 heteroatoms. The van der Waals surface area contributed by atoms with Crippen LogP contribution in [0.4, 0.5) is 0 Å². The molecule has 0 radical (unpaired) electrons. The summed E-state index contributed by atoms with van der Waals surface area (Å²) in [4.78, 5) is 29.7. The van der Waals surface area contributed by atoms with E-state index in [1.165, 1.54) is 6.42 Å². The molecule has 6 rings (SSSR count). The van der Waals surface area contributed by atoms with Crippen LogP contribution >= 0.6 is 11.6 Å². The second-order valence-electron chi connectivity index (χ2n) is 11.4. The van der Waals surface area contributed by atoms with Crippen LogP contribution in [0, 0.1) is 11.8 Å². The average Bonchev–Trinajstić information content (AvgIpc) is 3.39. The number of carbonyl (C=O) groups excluding carboxylic acids is 2. The van der Waals surface area contributed by atoms with Gasteiger partial charge in [-0.05, 0) is 62.2 Å². The van der Waals surface area contributed by atoms with Gasteiger partial charge in [-0.15, -0.1) is 11.6 Å². The summed E-state index contributed by atoms with van der Waals surface area (Å²) in [6, 6.07) is 20.4. The van der Waals surface area contributed by atoms with Crippen molar-refractivity contribution in [3.8, 4) is 0 Å². The molecular weight excluding hydrogens is 496 g/mol. The van der Waals surface area contributed by atoms with Gasteiger partial charge in [-0.1, -0.05) is 67.1 Å². The monoisotopic (exact) mass is 532 g/mol. The fraction of sp³-hybridized carbons (Fsp3) is 0.516. The van der Waals surface area contributed by atoms with Crippen LogP contribution in [-0.4, -0.2) is 58.5 Å². The first-order valence-electron chi connectivity index (χ1n) is 14.2. The second-order valence-corrected chi connectivity index (χ2v) is 12.0. The van der Waals surface area contributed by atoms with E-state index in [2.05, 4.69) is 34.5 Å². The van der Waals surface area contributed by atoms with Crippen molar-refractivity contribution < 1.29 is 9.59 Å². The number of nitrogens with one attached hydrogen (secondary N) is 1. The molecule has 2 aromatic rings. The fourth-order valence-corrected chi connectivity index (χ4v) is 7.48. The number of rotatable bonds is 5. The van der Waals surface area contributed by atoms with Gasteiger partial charge in [-0.25, -0.2) is 5.01 Å². The number of benzene rings is 2. The minimum Gasteiger partial charge on any atom is -0.352 e. The predicted octanol–water partition coefficient (Wildman–Crippen LogP) is 5.11. The van der Waals surface area contributed by atoms with Crippen molar-refractivity contribution in [2.45, 2.75) is 68.3 Å². The zero-order chi connectivity index (χ0) is 26.1. The van der Waals surface area contributed by atoms with Crippen molar-refractivity contribution in [3.63, 3.8) is 0 Å². The molecular formula is C31H37ClN4O2. The van der Waals surface area contributed by atoms with Crippen molar-refractivity contribution in [3.05, 3.63) is 71.8 Å². The van der Waals surface area contributed by atoms with Crippen molar-refractivity contribution in [1.82, 2.24) is 15.2 Å². The number of amides is 2. The van der Waals surface area contributed by atoms with E-state index in [4.69, 9.17) is 16.7 Å². The summed E-state index contributed by atoms with van der Waals surface area (Å²) < 4.78 is 0. The molecule has 6 nitrogen and oxygen atoms in total. The summed E-state index contributed by atoms with van der Waals surface area (Å²) in [5, 5.41) is 10.1. The minimum atomic E-state index is -0.417. The molecule has 2 amide bonds. The van der Waals surface area contributed by atoms with E-state index in [0.717, 1.165) is 62.0 Å². The number of likely N-dealkylation sites (tertiary alicyclic amines) is 1. The Morgan fingerprint density at radius 2 is 1.63 bits per heavy atom. The van der Waals surface area contributed by atoms with Gasteiger partial charge in [0.15, 0.2) is 0 Å². The van der Waals surface area contributed by atoms with Crippen molar-refractivity contribution >= 4 is 29.1 Å². The number of alkyl halides is 1. The Labute approximate surface area is 230 Å². The first kappa shape index (κ1) is 25.6. The van der Waals surface area contributed by atoms with Crippen LogP contribution in [0.2, 0.25) is 0 Å².